The van der Waals surface area contributed by atoms with E-state index in [1.807, 2.05) is 0 Å². The lowest BCUT2D eigenvalue weighted by atomic mass is 9.94. The standard InChI is InChI=1S/C24H46O/c1-4-23(3)22-24(5-2)20-18-16-14-12-10-8-6-7-9-11-13-15-17-19-21-25/h5,21,23H,4,6-20,22H2,1-3H3/b24-5-. The third-order valence-electron chi connectivity index (χ3n) is 5.54. The van der Waals surface area contributed by atoms with Gasteiger partial charge in [0.15, 0.2) is 0 Å². The van der Waals surface area contributed by atoms with Crippen LogP contribution in [0.1, 0.15) is 130 Å². The minimum absolute atomic E-state index is 0.758. The van der Waals surface area contributed by atoms with Crippen LogP contribution in [0.25, 0.3) is 0 Å². The van der Waals surface area contributed by atoms with E-state index in [4.69, 9.17) is 0 Å². The molecule has 0 bridgehead atoms. The first-order valence-corrected chi connectivity index (χ1v) is 11.3. The zero-order chi connectivity index (χ0) is 18.6. The van der Waals surface area contributed by atoms with Crippen LogP contribution in [0.5, 0.6) is 0 Å². The molecule has 0 heterocycles. The Morgan fingerprint density at radius 1 is 0.760 bits per heavy atom. The summed E-state index contributed by atoms with van der Waals surface area (Å²) >= 11 is 0. The molecular weight excluding hydrogens is 304 g/mol. The molecule has 0 fully saturated rings. The van der Waals surface area contributed by atoms with Crippen LogP contribution >= 0.6 is 0 Å². The second-order valence-electron chi connectivity index (χ2n) is 7.97. The summed E-state index contributed by atoms with van der Waals surface area (Å²) in [6, 6.07) is 0. The zero-order valence-electron chi connectivity index (χ0n) is 17.7. The van der Waals surface area contributed by atoms with E-state index in [-0.39, 0.29) is 0 Å². The first kappa shape index (κ1) is 24.4. The highest BCUT2D eigenvalue weighted by atomic mass is 16.1. The summed E-state index contributed by atoms with van der Waals surface area (Å²) in [5, 5.41) is 0. The quantitative estimate of drug-likeness (QED) is 0.130. The lowest BCUT2D eigenvalue weighted by molar-refractivity contribution is -0.107. The molecule has 0 aromatic rings. The Morgan fingerprint density at radius 3 is 1.60 bits per heavy atom. The number of carbonyl (C=O) groups is 1. The SMILES string of the molecule is C/C=C(/CCCCCCCCCCCCCCCC=O)CC(C)CC. The number of hydrogen-bond donors (Lipinski definition) is 0. The van der Waals surface area contributed by atoms with Crippen molar-refractivity contribution in [3.05, 3.63) is 11.6 Å². The minimum Gasteiger partial charge on any atom is -0.303 e. The van der Waals surface area contributed by atoms with Gasteiger partial charge in [0.2, 0.25) is 0 Å². The monoisotopic (exact) mass is 350 g/mol. The Hall–Kier alpha value is -0.590. The van der Waals surface area contributed by atoms with Gasteiger partial charge in [-0.25, -0.2) is 0 Å². The summed E-state index contributed by atoms with van der Waals surface area (Å²) in [4.78, 5) is 10.2. The van der Waals surface area contributed by atoms with E-state index >= 15 is 0 Å². The Bertz CT molecular complexity index is 305. The van der Waals surface area contributed by atoms with Crippen molar-refractivity contribution in [3.8, 4) is 0 Å². The number of aldehydes is 1. The molecule has 1 atom stereocenters. The van der Waals surface area contributed by atoms with Gasteiger partial charge in [-0.15, -0.1) is 0 Å². The highest BCUT2D eigenvalue weighted by molar-refractivity contribution is 5.48. The molecule has 0 saturated heterocycles. The molecule has 0 rings (SSSR count). The fraction of sp³-hybridized carbons (Fsp3) is 0.875. The van der Waals surface area contributed by atoms with Crippen molar-refractivity contribution in [1.82, 2.24) is 0 Å². The van der Waals surface area contributed by atoms with Crippen molar-refractivity contribution in [2.75, 3.05) is 0 Å². The van der Waals surface area contributed by atoms with Gasteiger partial charge in [0.05, 0.1) is 0 Å². The molecule has 148 valence electrons. The minimum atomic E-state index is 0.758. The first-order valence-electron chi connectivity index (χ1n) is 11.3. The van der Waals surface area contributed by atoms with Crippen molar-refractivity contribution in [1.29, 1.82) is 0 Å². The number of carbonyl (C=O) groups excluding carboxylic acids is 1. The summed E-state index contributed by atoms with van der Waals surface area (Å²) in [6.45, 7) is 6.88. The Kier molecular flexibility index (Phi) is 19.3. The average molecular weight is 351 g/mol. The lowest BCUT2D eigenvalue weighted by Crippen LogP contribution is -1.95. The van der Waals surface area contributed by atoms with E-state index in [0.717, 1.165) is 25.0 Å². The van der Waals surface area contributed by atoms with E-state index in [1.54, 1.807) is 5.57 Å². The molecule has 0 N–H and O–H groups in total. The molecule has 25 heavy (non-hydrogen) atoms. The summed E-state index contributed by atoms with van der Waals surface area (Å²) in [7, 11) is 0. The summed E-state index contributed by atoms with van der Waals surface area (Å²) in [5.41, 5.74) is 1.68. The lowest BCUT2D eigenvalue weighted by Gasteiger charge is -2.12. The molecule has 0 spiro atoms. The largest absolute Gasteiger partial charge is 0.303 e. The van der Waals surface area contributed by atoms with E-state index in [1.165, 1.54) is 96.3 Å². The van der Waals surface area contributed by atoms with Gasteiger partial charge >= 0.3 is 0 Å². The first-order chi connectivity index (χ1) is 12.2. The van der Waals surface area contributed by atoms with Crippen LogP contribution in [-0.4, -0.2) is 6.29 Å². The maximum absolute atomic E-state index is 10.2. The smallest absolute Gasteiger partial charge is 0.119 e. The van der Waals surface area contributed by atoms with Crippen molar-refractivity contribution < 1.29 is 4.79 Å². The Morgan fingerprint density at radius 2 is 1.20 bits per heavy atom. The van der Waals surface area contributed by atoms with Crippen molar-refractivity contribution >= 4 is 6.29 Å². The van der Waals surface area contributed by atoms with Gasteiger partial charge in [-0.3, -0.25) is 0 Å². The van der Waals surface area contributed by atoms with Gasteiger partial charge in [-0.05, 0) is 38.5 Å². The highest BCUT2D eigenvalue weighted by Crippen LogP contribution is 2.20. The zero-order valence-corrected chi connectivity index (χ0v) is 17.7. The average Bonchev–Trinajstić information content (AvgIpc) is 2.63. The molecule has 1 heteroatoms. The molecule has 0 aliphatic rings. The number of unbranched alkanes of at least 4 members (excludes halogenated alkanes) is 13. The third kappa shape index (κ3) is 18.0. The van der Waals surface area contributed by atoms with Crippen LogP contribution in [0.4, 0.5) is 0 Å². The van der Waals surface area contributed by atoms with E-state index in [0.29, 0.717) is 0 Å². The van der Waals surface area contributed by atoms with E-state index in [2.05, 4.69) is 26.8 Å². The van der Waals surface area contributed by atoms with Gasteiger partial charge in [-0.2, -0.15) is 0 Å². The maximum Gasteiger partial charge on any atom is 0.119 e. The van der Waals surface area contributed by atoms with E-state index in [9.17, 15) is 4.79 Å². The molecule has 0 aromatic heterocycles. The molecular formula is C24H46O. The third-order valence-corrected chi connectivity index (χ3v) is 5.54. The van der Waals surface area contributed by atoms with Crippen LogP contribution < -0.4 is 0 Å². The fourth-order valence-electron chi connectivity index (χ4n) is 3.48. The number of allylic oxidation sites excluding steroid dienone is 2. The molecule has 1 nitrogen and oxygen atoms in total. The molecule has 0 aromatic carbocycles. The second kappa shape index (κ2) is 19.7. The normalized spacial score (nSPS) is 13.2. The van der Waals surface area contributed by atoms with Crippen LogP contribution in [0, 0.1) is 5.92 Å². The summed E-state index contributed by atoms with van der Waals surface area (Å²) in [5.74, 6) is 0.850. The van der Waals surface area contributed by atoms with E-state index < -0.39 is 0 Å². The van der Waals surface area contributed by atoms with Crippen molar-refractivity contribution in [2.24, 2.45) is 5.92 Å². The van der Waals surface area contributed by atoms with Gasteiger partial charge < -0.3 is 4.79 Å². The van der Waals surface area contributed by atoms with Crippen LogP contribution in [0.2, 0.25) is 0 Å². The predicted octanol–water partition coefficient (Wildman–Crippen LogP) is 8.42. The molecule has 0 aliphatic heterocycles. The Balaban J connectivity index is 3.24. The molecule has 0 saturated carbocycles. The van der Waals surface area contributed by atoms with Gasteiger partial charge in [-0.1, -0.05) is 103 Å². The second-order valence-corrected chi connectivity index (χ2v) is 7.97. The Labute approximate surface area is 159 Å². The predicted molar refractivity (Wildman–Crippen MR) is 113 cm³/mol. The number of rotatable bonds is 19. The topological polar surface area (TPSA) is 17.1 Å². The molecule has 0 aliphatic carbocycles. The fourth-order valence-corrected chi connectivity index (χ4v) is 3.48. The van der Waals surface area contributed by atoms with Crippen molar-refractivity contribution in [3.63, 3.8) is 0 Å². The van der Waals surface area contributed by atoms with Crippen LogP contribution in [0.3, 0.4) is 0 Å². The molecule has 0 radical (unpaired) electrons. The number of hydrogen-bond acceptors (Lipinski definition) is 1. The molecule has 0 amide bonds. The summed E-state index contributed by atoms with van der Waals surface area (Å²) in [6.07, 6.45) is 25.9. The highest BCUT2D eigenvalue weighted by Gasteiger charge is 2.03. The molecule has 1 unspecified atom stereocenters. The van der Waals surface area contributed by atoms with Gasteiger partial charge in [0.1, 0.15) is 6.29 Å². The van der Waals surface area contributed by atoms with Crippen LogP contribution in [-0.2, 0) is 4.79 Å². The van der Waals surface area contributed by atoms with Gasteiger partial charge in [0.25, 0.3) is 0 Å². The van der Waals surface area contributed by atoms with Gasteiger partial charge in [0, 0.05) is 6.42 Å². The van der Waals surface area contributed by atoms with Crippen molar-refractivity contribution in [2.45, 2.75) is 130 Å². The maximum atomic E-state index is 10.2. The summed E-state index contributed by atoms with van der Waals surface area (Å²) < 4.78 is 0. The van der Waals surface area contributed by atoms with Crippen LogP contribution in [0.15, 0.2) is 11.6 Å².